The molecule has 0 aliphatic heterocycles. The molecule has 1 rings (SSSR count). The molecule has 0 saturated heterocycles. The molecule has 18 heavy (non-hydrogen) atoms. The highest BCUT2D eigenvalue weighted by Crippen LogP contribution is 2.12. The smallest absolute Gasteiger partial charge is 0.118 e. The van der Waals surface area contributed by atoms with E-state index in [0.717, 1.165) is 12.2 Å². The number of rotatable bonds is 5. The summed E-state index contributed by atoms with van der Waals surface area (Å²) in [5.41, 5.74) is 4.02. The summed E-state index contributed by atoms with van der Waals surface area (Å²) in [7, 11) is 1.68. The Morgan fingerprint density at radius 1 is 1.06 bits per heavy atom. The van der Waals surface area contributed by atoms with Crippen LogP contribution in [-0.4, -0.2) is 7.11 Å². The molecule has 1 nitrogen and oxygen atoms in total. The molecule has 0 aliphatic carbocycles. The molecule has 0 aromatic heterocycles. The molecule has 0 fully saturated rings. The lowest BCUT2D eigenvalue weighted by atomic mass is 10.1. The molecule has 0 unspecified atom stereocenters. The summed E-state index contributed by atoms with van der Waals surface area (Å²) in [6, 6.07) is 8.03. The molecule has 1 heteroatoms. The molecule has 0 N–H and O–H groups in total. The molecule has 0 spiro atoms. The Morgan fingerprint density at radius 3 is 2.28 bits per heavy atom. The largest absolute Gasteiger partial charge is 0.497 e. The first-order chi connectivity index (χ1) is 8.63. The van der Waals surface area contributed by atoms with Crippen LogP contribution in [-0.2, 0) is 0 Å². The average Bonchev–Trinajstić information content (AvgIpc) is 2.38. The summed E-state index contributed by atoms with van der Waals surface area (Å²) < 4.78 is 5.12. The van der Waals surface area contributed by atoms with Gasteiger partial charge < -0.3 is 4.74 Å². The molecule has 0 atom stereocenters. The van der Waals surface area contributed by atoms with Gasteiger partial charge in [-0.2, -0.15) is 0 Å². The van der Waals surface area contributed by atoms with Crippen molar-refractivity contribution in [2.45, 2.75) is 27.2 Å². The summed E-state index contributed by atoms with van der Waals surface area (Å²) in [6.07, 6.45) is 9.46. The Kier molecular flexibility index (Phi) is 5.99. The van der Waals surface area contributed by atoms with Crippen molar-refractivity contribution in [3.63, 3.8) is 0 Å². The zero-order valence-electron chi connectivity index (χ0n) is 11.7. The van der Waals surface area contributed by atoms with Crippen molar-refractivity contribution < 1.29 is 4.74 Å². The Balaban J connectivity index is 2.49. The molecule has 1 aromatic carbocycles. The van der Waals surface area contributed by atoms with E-state index in [0.29, 0.717) is 0 Å². The van der Waals surface area contributed by atoms with Gasteiger partial charge >= 0.3 is 0 Å². The van der Waals surface area contributed by atoms with Gasteiger partial charge in [0.15, 0.2) is 0 Å². The molecule has 1 aromatic rings. The third-order valence-electron chi connectivity index (χ3n) is 2.93. The summed E-state index contributed by atoms with van der Waals surface area (Å²) in [4.78, 5) is 0. The third kappa shape index (κ3) is 5.05. The standard InChI is InChI=1S/C17H22O/c1-14(2)15(3)8-6-5-7-9-16-10-12-17(18-4)13-11-16/h5-7,9-13H,8H2,1-4H3/b6-5+,9-7+. The van der Waals surface area contributed by atoms with Gasteiger partial charge in [-0.3, -0.25) is 0 Å². The van der Waals surface area contributed by atoms with E-state index in [-0.39, 0.29) is 0 Å². The number of ether oxygens (including phenoxy) is 1. The van der Waals surface area contributed by atoms with Crippen molar-refractivity contribution in [3.05, 3.63) is 59.2 Å². The Bertz CT molecular complexity index is 443. The van der Waals surface area contributed by atoms with Crippen LogP contribution in [0.2, 0.25) is 0 Å². The van der Waals surface area contributed by atoms with E-state index in [4.69, 9.17) is 4.74 Å². The van der Waals surface area contributed by atoms with Gasteiger partial charge in [-0.15, -0.1) is 0 Å². The van der Waals surface area contributed by atoms with E-state index in [2.05, 4.69) is 45.1 Å². The molecular formula is C17H22O. The van der Waals surface area contributed by atoms with Crippen LogP contribution in [0.25, 0.3) is 6.08 Å². The lowest BCUT2D eigenvalue weighted by molar-refractivity contribution is 0.415. The Hall–Kier alpha value is -1.76. The quantitative estimate of drug-likeness (QED) is 0.521. The molecule has 0 amide bonds. The van der Waals surface area contributed by atoms with Gasteiger partial charge in [0.2, 0.25) is 0 Å². The molecule has 0 aliphatic rings. The zero-order chi connectivity index (χ0) is 13.4. The SMILES string of the molecule is COc1ccc(/C=C/C=C/CC(C)=C(C)C)cc1. The van der Waals surface area contributed by atoms with Crippen LogP contribution in [0.5, 0.6) is 5.75 Å². The number of allylic oxidation sites excluding steroid dienone is 5. The van der Waals surface area contributed by atoms with Crippen LogP contribution in [0, 0.1) is 0 Å². The summed E-state index contributed by atoms with van der Waals surface area (Å²) in [5.74, 6) is 0.891. The summed E-state index contributed by atoms with van der Waals surface area (Å²) >= 11 is 0. The predicted molar refractivity (Wildman–Crippen MR) is 79.8 cm³/mol. The number of methoxy groups -OCH3 is 1. The Labute approximate surface area is 110 Å². The molecule has 96 valence electrons. The topological polar surface area (TPSA) is 9.23 Å². The minimum atomic E-state index is 0.891. The fourth-order valence-electron chi connectivity index (χ4n) is 1.41. The molecule has 0 saturated carbocycles. The molecular weight excluding hydrogens is 220 g/mol. The maximum atomic E-state index is 5.12. The lowest BCUT2D eigenvalue weighted by Crippen LogP contribution is -1.81. The summed E-state index contributed by atoms with van der Waals surface area (Å²) in [5, 5.41) is 0. The van der Waals surface area contributed by atoms with Crippen molar-refractivity contribution in [1.82, 2.24) is 0 Å². The maximum absolute atomic E-state index is 5.12. The van der Waals surface area contributed by atoms with Crippen LogP contribution >= 0.6 is 0 Å². The van der Waals surface area contributed by atoms with Crippen LogP contribution in [0.1, 0.15) is 32.8 Å². The van der Waals surface area contributed by atoms with Gasteiger partial charge in [-0.25, -0.2) is 0 Å². The first-order valence-corrected chi connectivity index (χ1v) is 6.23. The van der Waals surface area contributed by atoms with E-state index in [1.54, 1.807) is 7.11 Å². The highest BCUT2D eigenvalue weighted by atomic mass is 16.5. The van der Waals surface area contributed by atoms with Gasteiger partial charge in [0.25, 0.3) is 0 Å². The number of hydrogen-bond donors (Lipinski definition) is 0. The van der Waals surface area contributed by atoms with E-state index in [1.165, 1.54) is 16.7 Å². The van der Waals surface area contributed by atoms with Crippen molar-refractivity contribution in [3.8, 4) is 5.75 Å². The van der Waals surface area contributed by atoms with Gasteiger partial charge in [-0.1, -0.05) is 47.6 Å². The number of hydrogen-bond acceptors (Lipinski definition) is 1. The van der Waals surface area contributed by atoms with Gasteiger partial charge in [0.05, 0.1) is 7.11 Å². The van der Waals surface area contributed by atoms with Crippen LogP contribution < -0.4 is 4.74 Å². The van der Waals surface area contributed by atoms with Crippen LogP contribution in [0.15, 0.2) is 53.6 Å². The second-order valence-corrected chi connectivity index (χ2v) is 4.54. The van der Waals surface area contributed by atoms with E-state index < -0.39 is 0 Å². The second kappa shape index (κ2) is 7.54. The Morgan fingerprint density at radius 2 is 1.72 bits per heavy atom. The predicted octanol–water partition coefficient (Wildman–Crippen LogP) is 5.01. The van der Waals surface area contributed by atoms with E-state index in [9.17, 15) is 0 Å². The summed E-state index contributed by atoms with van der Waals surface area (Å²) in [6.45, 7) is 6.47. The molecule has 0 bridgehead atoms. The maximum Gasteiger partial charge on any atom is 0.118 e. The van der Waals surface area contributed by atoms with Crippen molar-refractivity contribution in [1.29, 1.82) is 0 Å². The van der Waals surface area contributed by atoms with Gasteiger partial charge in [-0.05, 0) is 44.9 Å². The first kappa shape index (κ1) is 14.3. The fourth-order valence-corrected chi connectivity index (χ4v) is 1.41. The zero-order valence-corrected chi connectivity index (χ0v) is 11.7. The third-order valence-corrected chi connectivity index (χ3v) is 2.93. The average molecular weight is 242 g/mol. The van der Waals surface area contributed by atoms with Gasteiger partial charge in [0, 0.05) is 0 Å². The highest BCUT2D eigenvalue weighted by molar-refractivity contribution is 5.52. The van der Waals surface area contributed by atoms with Crippen molar-refractivity contribution in [2.24, 2.45) is 0 Å². The van der Waals surface area contributed by atoms with E-state index in [1.807, 2.05) is 24.3 Å². The van der Waals surface area contributed by atoms with Gasteiger partial charge in [0.1, 0.15) is 5.75 Å². The highest BCUT2D eigenvalue weighted by Gasteiger charge is 1.89. The van der Waals surface area contributed by atoms with E-state index >= 15 is 0 Å². The number of benzene rings is 1. The second-order valence-electron chi connectivity index (χ2n) is 4.54. The van der Waals surface area contributed by atoms with Crippen molar-refractivity contribution >= 4 is 6.08 Å². The van der Waals surface area contributed by atoms with Crippen LogP contribution in [0.4, 0.5) is 0 Å². The lowest BCUT2D eigenvalue weighted by Gasteiger charge is -1.98. The van der Waals surface area contributed by atoms with Crippen LogP contribution in [0.3, 0.4) is 0 Å². The monoisotopic (exact) mass is 242 g/mol. The first-order valence-electron chi connectivity index (χ1n) is 6.23. The molecule has 0 heterocycles. The fraction of sp³-hybridized carbons (Fsp3) is 0.294. The minimum Gasteiger partial charge on any atom is -0.497 e. The van der Waals surface area contributed by atoms with Crippen molar-refractivity contribution in [2.75, 3.05) is 7.11 Å². The normalized spacial score (nSPS) is 11.1. The molecule has 0 radical (unpaired) electrons. The minimum absolute atomic E-state index is 0.891.